The summed E-state index contributed by atoms with van der Waals surface area (Å²) in [6, 6.07) is 7.86. The molecule has 0 radical (unpaired) electrons. The predicted octanol–water partition coefficient (Wildman–Crippen LogP) is 3.26. The normalized spacial score (nSPS) is 10.4. The third kappa shape index (κ3) is 2.50. The van der Waals surface area contributed by atoms with Gasteiger partial charge in [-0.15, -0.1) is 0 Å². The Kier molecular flexibility index (Phi) is 3.74. The summed E-state index contributed by atoms with van der Waals surface area (Å²) in [5.74, 6) is -0.230. The van der Waals surface area contributed by atoms with E-state index in [-0.39, 0.29) is 11.3 Å². The van der Waals surface area contributed by atoms with E-state index in [0.29, 0.717) is 22.6 Å². The molecule has 2 aromatic rings. The quantitative estimate of drug-likeness (QED) is 0.689. The molecular formula is C16H16FNO2. The van der Waals surface area contributed by atoms with Gasteiger partial charge in [0.1, 0.15) is 11.6 Å². The minimum Gasteiger partial charge on any atom is -0.496 e. The number of nitrogens with two attached hydrogens (primary N) is 1. The molecule has 0 amide bonds. The summed E-state index contributed by atoms with van der Waals surface area (Å²) in [6.07, 6.45) is 0. The first-order valence-electron chi connectivity index (χ1n) is 6.19. The average molecular weight is 273 g/mol. The molecule has 20 heavy (non-hydrogen) atoms. The van der Waals surface area contributed by atoms with Gasteiger partial charge in [-0.3, -0.25) is 4.79 Å². The van der Waals surface area contributed by atoms with Crippen LogP contribution in [0, 0.1) is 19.7 Å². The van der Waals surface area contributed by atoms with E-state index in [9.17, 15) is 9.18 Å². The van der Waals surface area contributed by atoms with Crippen molar-refractivity contribution in [2.45, 2.75) is 13.8 Å². The van der Waals surface area contributed by atoms with E-state index in [4.69, 9.17) is 10.5 Å². The summed E-state index contributed by atoms with van der Waals surface area (Å²) >= 11 is 0. The van der Waals surface area contributed by atoms with Gasteiger partial charge in [0.2, 0.25) is 0 Å². The molecule has 0 atom stereocenters. The zero-order valence-electron chi connectivity index (χ0n) is 11.7. The lowest BCUT2D eigenvalue weighted by atomic mass is 9.98. The number of benzene rings is 2. The van der Waals surface area contributed by atoms with E-state index < -0.39 is 5.82 Å². The van der Waals surface area contributed by atoms with Crippen LogP contribution >= 0.6 is 0 Å². The number of carbonyl (C=O) groups excluding carboxylic acids is 1. The van der Waals surface area contributed by atoms with E-state index in [1.807, 2.05) is 6.92 Å². The van der Waals surface area contributed by atoms with E-state index >= 15 is 0 Å². The van der Waals surface area contributed by atoms with Gasteiger partial charge in [-0.25, -0.2) is 4.39 Å². The van der Waals surface area contributed by atoms with Crippen molar-refractivity contribution >= 4 is 11.5 Å². The van der Waals surface area contributed by atoms with Gasteiger partial charge < -0.3 is 10.5 Å². The second kappa shape index (κ2) is 5.33. The van der Waals surface area contributed by atoms with Crippen LogP contribution in [0.25, 0.3) is 0 Å². The number of rotatable bonds is 3. The van der Waals surface area contributed by atoms with Crippen LogP contribution in [0.5, 0.6) is 5.75 Å². The summed E-state index contributed by atoms with van der Waals surface area (Å²) in [6.45, 7) is 3.41. The molecule has 0 heterocycles. The fourth-order valence-electron chi connectivity index (χ4n) is 2.14. The minimum atomic E-state index is -0.530. The molecule has 0 aliphatic carbocycles. The molecule has 0 unspecified atom stereocenters. The summed E-state index contributed by atoms with van der Waals surface area (Å²) in [5.41, 5.74) is 7.63. The first-order chi connectivity index (χ1) is 9.43. The van der Waals surface area contributed by atoms with Gasteiger partial charge >= 0.3 is 0 Å². The maximum atomic E-state index is 14.1. The molecule has 0 saturated heterocycles. The third-order valence-electron chi connectivity index (χ3n) is 3.18. The standard InChI is InChI=1S/C16H16FNO2/c1-9-6-11(4-5-14(9)20-3)16(19)13-8-12(18)7-10(2)15(13)17/h4-8H,18H2,1-3H3. The molecule has 104 valence electrons. The maximum Gasteiger partial charge on any atom is 0.196 e. The van der Waals surface area contributed by atoms with Crippen molar-refractivity contribution in [2.24, 2.45) is 0 Å². The highest BCUT2D eigenvalue weighted by Gasteiger charge is 2.17. The number of hydrogen-bond acceptors (Lipinski definition) is 3. The topological polar surface area (TPSA) is 52.3 Å². The second-order valence-electron chi connectivity index (χ2n) is 4.71. The molecule has 2 N–H and O–H groups in total. The first kappa shape index (κ1) is 14.1. The number of anilines is 1. The summed E-state index contributed by atoms with van der Waals surface area (Å²) in [7, 11) is 1.56. The number of halogens is 1. The number of carbonyl (C=O) groups is 1. The monoisotopic (exact) mass is 273 g/mol. The van der Waals surface area contributed by atoms with Gasteiger partial charge in [0.15, 0.2) is 5.78 Å². The number of ether oxygens (including phenoxy) is 1. The zero-order chi connectivity index (χ0) is 14.9. The molecule has 0 bridgehead atoms. The Labute approximate surface area is 117 Å². The zero-order valence-corrected chi connectivity index (χ0v) is 11.7. The van der Waals surface area contributed by atoms with Crippen molar-refractivity contribution in [3.63, 3.8) is 0 Å². The molecule has 2 rings (SSSR count). The van der Waals surface area contributed by atoms with Crippen molar-refractivity contribution in [2.75, 3.05) is 12.8 Å². The van der Waals surface area contributed by atoms with E-state index in [2.05, 4.69) is 0 Å². The van der Waals surface area contributed by atoms with Crippen LogP contribution in [-0.2, 0) is 0 Å². The Morgan fingerprint density at radius 2 is 1.85 bits per heavy atom. The van der Waals surface area contributed by atoms with Gasteiger partial charge in [0, 0.05) is 11.3 Å². The lowest BCUT2D eigenvalue weighted by Crippen LogP contribution is -2.07. The number of nitrogen functional groups attached to an aromatic ring is 1. The number of ketones is 1. The Balaban J connectivity index is 2.49. The Morgan fingerprint density at radius 1 is 1.15 bits per heavy atom. The molecule has 3 nitrogen and oxygen atoms in total. The summed E-state index contributed by atoms with van der Waals surface area (Å²) < 4.78 is 19.2. The third-order valence-corrected chi connectivity index (χ3v) is 3.18. The van der Waals surface area contributed by atoms with Gasteiger partial charge in [-0.05, 0) is 55.3 Å². The van der Waals surface area contributed by atoms with Gasteiger partial charge in [0.25, 0.3) is 0 Å². The Morgan fingerprint density at radius 3 is 2.45 bits per heavy atom. The molecule has 0 aliphatic heterocycles. The molecule has 0 spiro atoms. The van der Waals surface area contributed by atoms with Crippen molar-refractivity contribution in [1.29, 1.82) is 0 Å². The fraction of sp³-hybridized carbons (Fsp3) is 0.188. The second-order valence-corrected chi connectivity index (χ2v) is 4.71. The SMILES string of the molecule is COc1ccc(C(=O)c2cc(N)cc(C)c2F)cc1C. The fourth-order valence-corrected chi connectivity index (χ4v) is 2.14. The summed E-state index contributed by atoms with van der Waals surface area (Å²) in [4.78, 5) is 12.4. The van der Waals surface area contributed by atoms with Gasteiger partial charge in [-0.2, -0.15) is 0 Å². The smallest absolute Gasteiger partial charge is 0.196 e. The lowest BCUT2D eigenvalue weighted by Gasteiger charge is -2.09. The highest BCUT2D eigenvalue weighted by Crippen LogP contribution is 2.23. The van der Waals surface area contributed by atoms with E-state index in [1.165, 1.54) is 12.1 Å². The summed E-state index contributed by atoms with van der Waals surface area (Å²) in [5, 5.41) is 0. The van der Waals surface area contributed by atoms with Gasteiger partial charge in [-0.1, -0.05) is 0 Å². The predicted molar refractivity (Wildman–Crippen MR) is 76.7 cm³/mol. The highest BCUT2D eigenvalue weighted by atomic mass is 19.1. The van der Waals surface area contributed by atoms with Crippen molar-refractivity contribution in [1.82, 2.24) is 0 Å². The first-order valence-corrected chi connectivity index (χ1v) is 6.19. The molecule has 0 aromatic heterocycles. The number of hydrogen-bond donors (Lipinski definition) is 1. The van der Waals surface area contributed by atoms with Crippen LogP contribution < -0.4 is 10.5 Å². The van der Waals surface area contributed by atoms with Crippen LogP contribution in [0.15, 0.2) is 30.3 Å². The average Bonchev–Trinajstić information content (AvgIpc) is 2.42. The van der Waals surface area contributed by atoms with Crippen molar-refractivity contribution in [3.05, 3.63) is 58.4 Å². The number of methoxy groups -OCH3 is 1. The largest absolute Gasteiger partial charge is 0.496 e. The van der Waals surface area contributed by atoms with Crippen LogP contribution in [0.2, 0.25) is 0 Å². The molecule has 0 fully saturated rings. The molecule has 0 aliphatic rings. The van der Waals surface area contributed by atoms with Crippen molar-refractivity contribution in [3.8, 4) is 5.75 Å². The maximum absolute atomic E-state index is 14.1. The van der Waals surface area contributed by atoms with Gasteiger partial charge in [0.05, 0.1) is 12.7 Å². The molecule has 0 saturated carbocycles. The Bertz CT molecular complexity index is 680. The van der Waals surface area contributed by atoms with E-state index in [1.54, 1.807) is 32.2 Å². The van der Waals surface area contributed by atoms with Crippen LogP contribution in [0.1, 0.15) is 27.0 Å². The lowest BCUT2D eigenvalue weighted by molar-refractivity contribution is 0.103. The van der Waals surface area contributed by atoms with Crippen molar-refractivity contribution < 1.29 is 13.9 Å². The number of aryl methyl sites for hydroxylation is 2. The molecule has 4 heteroatoms. The highest BCUT2D eigenvalue weighted by molar-refractivity contribution is 6.09. The van der Waals surface area contributed by atoms with E-state index in [0.717, 1.165) is 5.56 Å². The van der Waals surface area contributed by atoms with Crippen LogP contribution in [0.4, 0.5) is 10.1 Å². The molecule has 2 aromatic carbocycles. The Hall–Kier alpha value is -2.36. The van der Waals surface area contributed by atoms with Crippen LogP contribution in [-0.4, -0.2) is 12.9 Å². The van der Waals surface area contributed by atoms with Crippen LogP contribution in [0.3, 0.4) is 0 Å². The minimum absolute atomic E-state index is 0.00735. The molecular weight excluding hydrogens is 257 g/mol.